The predicted molar refractivity (Wildman–Crippen MR) is 74.8 cm³/mol. The van der Waals surface area contributed by atoms with Crippen molar-refractivity contribution in [2.45, 2.75) is 18.9 Å². The van der Waals surface area contributed by atoms with Gasteiger partial charge in [-0.25, -0.2) is 0 Å². The zero-order valence-electron chi connectivity index (χ0n) is 10.7. The number of thiophene rings is 1. The summed E-state index contributed by atoms with van der Waals surface area (Å²) in [4.78, 5) is 15.1. The molecule has 0 radical (unpaired) electrons. The van der Waals surface area contributed by atoms with Crippen molar-refractivity contribution in [2.24, 2.45) is 0 Å². The van der Waals surface area contributed by atoms with Crippen molar-refractivity contribution < 1.29 is 9.53 Å². The second-order valence-electron chi connectivity index (χ2n) is 5.27. The van der Waals surface area contributed by atoms with Crippen LogP contribution in [0, 0.1) is 0 Å². The van der Waals surface area contributed by atoms with Crippen LogP contribution in [0.5, 0.6) is 0 Å². The first kappa shape index (κ1) is 11.5. The molecule has 5 heteroatoms. The number of aromatic nitrogens is 1. The van der Waals surface area contributed by atoms with Gasteiger partial charge in [0.25, 0.3) is 5.91 Å². The van der Waals surface area contributed by atoms with Gasteiger partial charge in [-0.05, 0) is 18.9 Å². The molecule has 1 amide bonds. The van der Waals surface area contributed by atoms with Crippen LogP contribution >= 0.6 is 11.3 Å². The molecule has 2 aliphatic rings. The van der Waals surface area contributed by atoms with Crippen LogP contribution in [0.1, 0.15) is 28.6 Å². The molecule has 19 heavy (non-hydrogen) atoms. The van der Waals surface area contributed by atoms with Crippen LogP contribution in [0.4, 0.5) is 0 Å². The smallest absolute Gasteiger partial charge is 0.264 e. The van der Waals surface area contributed by atoms with E-state index >= 15 is 0 Å². The van der Waals surface area contributed by atoms with E-state index in [1.807, 2.05) is 11.0 Å². The van der Waals surface area contributed by atoms with Crippen molar-refractivity contribution in [1.82, 2.24) is 9.47 Å². The van der Waals surface area contributed by atoms with E-state index in [-0.39, 0.29) is 5.91 Å². The van der Waals surface area contributed by atoms with Gasteiger partial charge in [-0.15, -0.1) is 11.3 Å². The van der Waals surface area contributed by atoms with E-state index in [0.29, 0.717) is 32.3 Å². The van der Waals surface area contributed by atoms with Gasteiger partial charge in [-0.1, -0.05) is 0 Å². The summed E-state index contributed by atoms with van der Waals surface area (Å²) >= 11 is 1.61. The minimum absolute atomic E-state index is 0.155. The molecule has 4 rings (SSSR count). The van der Waals surface area contributed by atoms with Crippen molar-refractivity contribution in [1.29, 1.82) is 0 Å². The van der Waals surface area contributed by atoms with Gasteiger partial charge in [0.1, 0.15) is 0 Å². The number of rotatable bonds is 2. The van der Waals surface area contributed by atoms with Crippen LogP contribution in [0.15, 0.2) is 18.5 Å². The highest BCUT2D eigenvalue weighted by Gasteiger charge is 2.25. The number of morpholine rings is 1. The molecule has 4 nitrogen and oxygen atoms in total. The Balaban J connectivity index is 1.59. The highest BCUT2D eigenvalue weighted by atomic mass is 32.1. The fourth-order valence-electron chi connectivity index (χ4n) is 2.57. The summed E-state index contributed by atoms with van der Waals surface area (Å²) in [6, 6.07) is 2.74. The summed E-state index contributed by atoms with van der Waals surface area (Å²) in [6.07, 6.45) is 6.95. The number of fused-ring (bicyclic) bond motifs is 1. The third-order valence-electron chi connectivity index (χ3n) is 3.82. The zero-order chi connectivity index (χ0) is 12.8. The number of hydrogen-bond donors (Lipinski definition) is 0. The van der Waals surface area contributed by atoms with Gasteiger partial charge >= 0.3 is 0 Å². The Morgan fingerprint density at radius 2 is 2.05 bits per heavy atom. The lowest BCUT2D eigenvalue weighted by Crippen LogP contribution is -2.40. The molecular weight excluding hydrogens is 260 g/mol. The number of hydrogen-bond acceptors (Lipinski definition) is 3. The Hall–Kier alpha value is -1.33. The minimum Gasteiger partial charge on any atom is -0.378 e. The van der Waals surface area contributed by atoms with E-state index in [9.17, 15) is 4.79 Å². The molecule has 1 saturated carbocycles. The molecule has 1 saturated heterocycles. The lowest BCUT2D eigenvalue weighted by Gasteiger charge is -2.26. The van der Waals surface area contributed by atoms with Gasteiger partial charge in [0.15, 0.2) is 0 Å². The molecule has 0 atom stereocenters. The number of ether oxygens (including phenoxy) is 1. The largest absolute Gasteiger partial charge is 0.378 e. The number of nitrogens with zero attached hydrogens (tertiary/aromatic N) is 2. The quantitative estimate of drug-likeness (QED) is 0.844. The average Bonchev–Trinajstić information content (AvgIpc) is 3.10. The van der Waals surface area contributed by atoms with E-state index in [1.54, 1.807) is 11.3 Å². The first-order valence-electron chi connectivity index (χ1n) is 6.79. The van der Waals surface area contributed by atoms with E-state index < -0.39 is 0 Å². The second kappa shape index (κ2) is 4.35. The average molecular weight is 276 g/mol. The van der Waals surface area contributed by atoms with Gasteiger partial charge in [-0.2, -0.15) is 0 Å². The van der Waals surface area contributed by atoms with Crippen LogP contribution in [0.2, 0.25) is 0 Å². The monoisotopic (exact) mass is 276 g/mol. The molecule has 0 bridgehead atoms. The zero-order valence-corrected chi connectivity index (χ0v) is 11.5. The molecule has 2 aromatic rings. The van der Waals surface area contributed by atoms with Crippen LogP contribution in [-0.2, 0) is 4.74 Å². The molecule has 0 spiro atoms. The maximum Gasteiger partial charge on any atom is 0.264 e. The number of carbonyl (C=O) groups excluding carboxylic acids is 1. The lowest BCUT2D eigenvalue weighted by atomic mass is 10.3. The van der Waals surface area contributed by atoms with Gasteiger partial charge in [0.2, 0.25) is 0 Å². The standard InChI is InChI=1S/C14H16N2O2S/c17-14(15-3-5-18-6-4-15)12-7-10-8-16(11-1-2-11)9-13(10)19-12/h7-9,11H,1-6H2. The fourth-order valence-corrected chi connectivity index (χ4v) is 3.61. The van der Waals surface area contributed by atoms with Crippen molar-refractivity contribution in [3.05, 3.63) is 23.3 Å². The Kier molecular flexibility index (Phi) is 2.63. The SMILES string of the molecule is O=C(c1cc2cn(C3CC3)cc2s1)N1CCOCC1. The molecule has 0 aromatic carbocycles. The van der Waals surface area contributed by atoms with Crippen LogP contribution in [0.3, 0.4) is 0 Å². The van der Waals surface area contributed by atoms with E-state index in [0.717, 1.165) is 4.88 Å². The molecule has 100 valence electrons. The molecule has 0 unspecified atom stereocenters. The molecule has 1 aliphatic heterocycles. The number of carbonyl (C=O) groups is 1. The van der Waals surface area contributed by atoms with E-state index in [2.05, 4.69) is 17.0 Å². The van der Waals surface area contributed by atoms with E-state index in [1.165, 1.54) is 22.9 Å². The second-order valence-corrected chi connectivity index (χ2v) is 6.36. The summed E-state index contributed by atoms with van der Waals surface area (Å²) in [5.74, 6) is 0.155. The highest BCUT2D eigenvalue weighted by molar-refractivity contribution is 7.20. The van der Waals surface area contributed by atoms with E-state index in [4.69, 9.17) is 4.74 Å². The third-order valence-corrected chi connectivity index (χ3v) is 4.90. The predicted octanol–water partition coefficient (Wildman–Crippen LogP) is 2.51. The Labute approximate surface area is 115 Å². The lowest BCUT2D eigenvalue weighted by molar-refractivity contribution is 0.0306. The fraction of sp³-hybridized carbons (Fsp3) is 0.500. The van der Waals surface area contributed by atoms with Crippen LogP contribution in [0.25, 0.3) is 10.1 Å². The molecule has 0 N–H and O–H groups in total. The minimum atomic E-state index is 0.155. The van der Waals surface area contributed by atoms with Crippen molar-refractivity contribution >= 4 is 27.3 Å². The summed E-state index contributed by atoms with van der Waals surface area (Å²) in [5, 5.41) is 1.20. The third kappa shape index (κ3) is 2.07. The van der Waals surface area contributed by atoms with Gasteiger partial charge in [0, 0.05) is 36.9 Å². The summed E-state index contributed by atoms with van der Waals surface area (Å²) in [7, 11) is 0. The maximum atomic E-state index is 12.4. The van der Waals surface area contributed by atoms with Crippen LogP contribution in [-0.4, -0.2) is 41.7 Å². The van der Waals surface area contributed by atoms with Crippen molar-refractivity contribution in [3.63, 3.8) is 0 Å². The molecule has 2 fully saturated rings. The number of amides is 1. The van der Waals surface area contributed by atoms with Gasteiger partial charge < -0.3 is 14.2 Å². The van der Waals surface area contributed by atoms with Crippen molar-refractivity contribution in [3.8, 4) is 0 Å². The maximum absolute atomic E-state index is 12.4. The Bertz CT molecular complexity index is 589. The Morgan fingerprint density at radius 3 is 2.74 bits per heavy atom. The summed E-state index contributed by atoms with van der Waals surface area (Å²) in [5.41, 5.74) is 0. The Morgan fingerprint density at radius 1 is 1.26 bits per heavy atom. The van der Waals surface area contributed by atoms with Crippen LogP contribution < -0.4 is 0 Å². The normalized spacial score (nSPS) is 20.1. The summed E-state index contributed by atoms with van der Waals surface area (Å²) in [6.45, 7) is 2.74. The first-order chi connectivity index (χ1) is 9.31. The van der Waals surface area contributed by atoms with Crippen molar-refractivity contribution in [2.75, 3.05) is 26.3 Å². The molecule has 1 aliphatic carbocycles. The topological polar surface area (TPSA) is 34.5 Å². The summed E-state index contributed by atoms with van der Waals surface area (Å²) < 4.78 is 8.81. The van der Waals surface area contributed by atoms with Gasteiger partial charge in [-0.3, -0.25) is 4.79 Å². The molecule has 2 aromatic heterocycles. The first-order valence-corrected chi connectivity index (χ1v) is 7.61. The molecule has 3 heterocycles. The van der Waals surface area contributed by atoms with Gasteiger partial charge in [0.05, 0.1) is 22.8 Å². The molecular formula is C14H16N2O2S. The highest BCUT2D eigenvalue weighted by Crippen LogP contribution is 2.38.